The van der Waals surface area contributed by atoms with Crippen molar-refractivity contribution in [1.29, 1.82) is 0 Å². The maximum Gasteiger partial charge on any atom is 0.417 e. The second-order valence-corrected chi connectivity index (χ2v) is 4.59. The van der Waals surface area contributed by atoms with Gasteiger partial charge in [-0.05, 0) is 18.2 Å². The molecule has 0 spiro atoms. The highest BCUT2D eigenvalue weighted by Crippen LogP contribution is 2.37. The van der Waals surface area contributed by atoms with E-state index in [1.807, 2.05) is 0 Å². The Morgan fingerprint density at radius 1 is 1.12 bits per heavy atom. The Hall–Kier alpha value is -0.890. The summed E-state index contributed by atoms with van der Waals surface area (Å²) in [5.74, 6) is 0.0230. The van der Waals surface area contributed by atoms with Crippen molar-refractivity contribution in [2.75, 3.05) is 0 Å². The molecule has 2 rings (SSSR count). The summed E-state index contributed by atoms with van der Waals surface area (Å²) >= 11 is 5.78. The summed E-state index contributed by atoms with van der Waals surface area (Å²) in [5, 5.41) is 7.11. The van der Waals surface area contributed by atoms with Crippen molar-refractivity contribution in [3.8, 4) is 11.5 Å². The number of rotatable bonds is 1. The van der Waals surface area contributed by atoms with E-state index in [1.54, 1.807) is 0 Å². The van der Waals surface area contributed by atoms with Gasteiger partial charge in [-0.2, -0.15) is 13.2 Å². The third-order valence-electron chi connectivity index (χ3n) is 1.92. The number of hydrogen-bond acceptors (Lipinski definition) is 3. The molecule has 1 heterocycles. The second-order valence-electron chi connectivity index (χ2n) is 3.05. The Bertz CT molecular complexity index is 553. The SMILES string of the molecule is FC(F)(F)c1cc(-c2nnc(Br)o2)ccc1Br. The molecule has 3 nitrogen and oxygen atoms in total. The van der Waals surface area contributed by atoms with Crippen molar-refractivity contribution in [1.82, 2.24) is 10.2 Å². The molecule has 0 saturated carbocycles. The first-order valence-corrected chi connectivity index (χ1v) is 5.82. The largest absolute Gasteiger partial charge is 0.417 e. The zero-order valence-electron chi connectivity index (χ0n) is 7.92. The normalized spacial score (nSPS) is 11.8. The zero-order valence-corrected chi connectivity index (χ0v) is 11.1. The molecule has 0 N–H and O–H groups in total. The van der Waals surface area contributed by atoms with Crippen LogP contribution in [0.4, 0.5) is 13.2 Å². The van der Waals surface area contributed by atoms with Gasteiger partial charge in [0.1, 0.15) is 0 Å². The van der Waals surface area contributed by atoms with E-state index in [1.165, 1.54) is 12.1 Å². The van der Waals surface area contributed by atoms with Crippen molar-refractivity contribution in [2.45, 2.75) is 6.18 Å². The van der Waals surface area contributed by atoms with Gasteiger partial charge in [0.2, 0.25) is 5.89 Å². The number of alkyl halides is 3. The van der Waals surface area contributed by atoms with Crippen LogP contribution in [0.2, 0.25) is 0 Å². The molecular weight excluding hydrogens is 369 g/mol. The molecule has 0 bridgehead atoms. The van der Waals surface area contributed by atoms with Gasteiger partial charge in [0.15, 0.2) is 0 Å². The average molecular weight is 372 g/mol. The van der Waals surface area contributed by atoms with E-state index in [0.29, 0.717) is 0 Å². The maximum atomic E-state index is 12.6. The molecule has 17 heavy (non-hydrogen) atoms. The summed E-state index contributed by atoms with van der Waals surface area (Å²) < 4.78 is 42.9. The topological polar surface area (TPSA) is 38.9 Å². The van der Waals surface area contributed by atoms with E-state index in [-0.39, 0.29) is 20.7 Å². The first kappa shape index (κ1) is 12.6. The van der Waals surface area contributed by atoms with E-state index >= 15 is 0 Å². The predicted molar refractivity (Wildman–Crippen MR) is 60.1 cm³/mol. The monoisotopic (exact) mass is 370 g/mol. The standard InChI is InChI=1S/C9H3Br2F3N2O/c10-6-2-1-4(3-5(6)9(12,13)14)7-15-16-8(11)17-7/h1-3H. The van der Waals surface area contributed by atoms with E-state index < -0.39 is 11.7 Å². The van der Waals surface area contributed by atoms with Crippen LogP contribution in [-0.2, 0) is 6.18 Å². The molecule has 0 atom stereocenters. The van der Waals surface area contributed by atoms with E-state index in [9.17, 15) is 13.2 Å². The molecule has 1 aromatic carbocycles. The highest BCUT2D eigenvalue weighted by Gasteiger charge is 2.33. The molecule has 0 aliphatic carbocycles. The van der Waals surface area contributed by atoms with Crippen LogP contribution in [0.1, 0.15) is 5.56 Å². The highest BCUT2D eigenvalue weighted by atomic mass is 79.9. The van der Waals surface area contributed by atoms with Gasteiger partial charge in [-0.15, -0.1) is 10.2 Å². The molecule has 0 aliphatic heterocycles. The number of hydrogen-bond donors (Lipinski definition) is 0. The summed E-state index contributed by atoms with van der Waals surface area (Å²) in [7, 11) is 0. The molecule has 0 fully saturated rings. The van der Waals surface area contributed by atoms with Gasteiger partial charge >= 0.3 is 6.18 Å². The minimum absolute atomic E-state index is 0.0230. The van der Waals surface area contributed by atoms with Crippen molar-refractivity contribution < 1.29 is 17.6 Å². The first-order chi connectivity index (χ1) is 7.88. The lowest BCUT2D eigenvalue weighted by atomic mass is 10.1. The molecule has 8 heteroatoms. The zero-order chi connectivity index (χ0) is 12.6. The van der Waals surface area contributed by atoms with Gasteiger partial charge < -0.3 is 4.42 Å². The van der Waals surface area contributed by atoms with Gasteiger partial charge in [0.25, 0.3) is 4.80 Å². The molecule has 2 aromatic rings. The van der Waals surface area contributed by atoms with Gasteiger partial charge in [-0.25, -0.2) is 0 Å². The Balaban J connectivity index is 2.51. The summed E-state index contributed by atoms with van der Waals surface area (Å²) in [6.45, 7) is 0. The van der Waals surface area contributed by atoms with E-state index in [4.69, 9.17) is 4.42 Å². The van der Waals surface area contributed by atoms with Crippen molar-refractivity contribution in [3.05, 3.63) is 33.0 Å². The third-order valence-corrected chi connectivity index (χ3v) is 2.93. The van der Waals surface area contributed by atoms with Gasteiger partial charge in [-0.1, -0.05) is 15.9 Å². The smallest absolute Gasteiger partial charge is 0.411 e. The lowest BCUT2D eigenvalue weighted by Gasteiger charge is -2.09. The van der Waals surface area contributed by atoms with Crippen molar-refractivity contribution >= 4 is 31.9 Å². The summed E-state index contributed by atoms with van der Waals surface area (Å²) in [5.41, 5.74) is -0.581. The lowest BCUT2D eigenvalue weighted by molar-refractivity contribution is -0.138. The van der Waals surface area contributed by atoms with Crippen LogP contribution < -0.4 is 0 Å². The molecule has 0 radical (unpaired) electrons. The fraction of sp³-hybridized carbons (Fsp3) is 0.111. The van der Waals surface area contributed by atoms with Crippen LogP contribution in [0, 0.1) is 0 Å². The third kappa shape index (κ3) is 2.68. The minimum Gasteiger partial charge on any atom is -0.411 e. The quantitative estimate of drug-likeness (QED) is 0.751. The van der Waals surface area contributed by atoms with Crippen molar-refractivity contribution in [3.63, 3.8) is 0 Å². The number of nitrogens with zero attached hydrogens (tertiary/aromatic N) is 2. The second kappa shape index (κ2) is 4.41. The van der Waals surface area contributed by atoms with Gasteiger partial charge in [-0.3, -0.25) is 0 Å². The van der Waals surface area contributed by atoms with Crippen LogP contribution in [0.3, 0.4) is 0 Å². The molecule has 0 unspecified atom stereocenters. The first-order valence-electron chi connectivity index (χ1n) is 4.24. The predicted octanol–water partition coefficient (Wildman–Crippen LogP) is 4.28. The Kier molecular flexibility index (Phi) is 3.26. The van der Waals surface area contributed by atoms with Crippen LogP contribution >= 0.6 is 31.9 Å². The minimum atomic E-state index is -4.44. The van der Waals surface area contributed by atoms with Crippen molar-refractivity contribution in [2.24, 2.45) is 0 Å². The highest BCUT2D eigenvalue weighted by molar-refractivity contribution is 9.10. The number of benzene rings is 1. The molecule has 1 aromatic heterocycles. The lowest BCUT2D eigenvalue weighted by Crippen LogP contribution is -2.06. The van der Waals surface area contributed by atoms with Crippen LogP contribution in [-0.4, -0.2) is 10.2 Å². The molecular formula is C9H3Br2F3N2O. The Morgan fingerprint density at radius 2 is 1.82 bits per heavy atom. The molecule has 0 amide bonds. The Labute approximate surface area is 110 Å². The molecule has 0 aliphatic rings. The van der Waals surface area contributed by atoms with Gasteiger partial charge in [0.05, 0.1) is 5.56 Å². The van der Waals surface area contributed by atoms with Crippen LogP contribution in [0.25, 0.3) is 11.5 Å². The Morgan fingerprint density at radius 3 is 2.35 bits per heavy atom. The van der Waals surface area contributed by atoms with Crippen LogP contribution in [0.5, 0.6) is 0 Å². The summed E-state index contributed by atoms with van der Waals surface area (Å²) in [6.07, 6.45) is -4.44. The fourth-order valence-corrected chi connectivity index (χ4v) is 1.90. The molecule has 90 valence electrons. The van der Waals surface area contributed by atoms with Crippen LogP contribution in [0.15, 0.2) is 31.9 Å². The van der Waals surface area contributed by atoms with E-state index in [2.05, 4.69) is 42.1 Å². The average Bonchev–Trinajstić information content (AvgIpc) is 2.64. The maximum absolute atomic E-state index is 12.6. The van der Waals surface area contributed by atoms with E-state index in [0.717, 1.165) is 6.07 Å². The fourth-order valence-electron chi connectivity index (χ4n) is 1.20. The summed E-state index contributed by atoms with van der Waals surface area (Å²) in [4.78, 5) is 0.115. The van der Waals surface area contributed by atoms with Gasteiger partial charge in [0, 0.05) is 26.0 Å². The number of halogens is 5. The molecule has 0 saturated heterocycles. The number of aromatic nitrogens is 2. The summed E-state index contributed by atoms with van der Waals surface area (Å²) in [6, 6.07) is 3.69.